The molecule has 4 nitrogen and oxygen atoms in total. The first-order valence-corrected chi connectivity index (χ1v) is 4.03. The molecule has 1 amide bonds. The SMILES string of the molecule is CNC(C)COCC(=O)N(C)C. The van der Waals surface area contributed by atoms with E-state index in [9.17, 15) is 4.79 Å². The molecular formula is C8H18N2O2. The van der Waals surface area contributed by atoms with E-state index in [0.29, 0.717) is 12.6 Å². The lowest BCUT2D eigenvalue weighted by atomic mass is 10.4. The van der Waals surface area contributed by atoms with Crippen LogP contribution in [-0.2, 0) is 9.53 Å². The zero-order chi connectivity index (χ0) is 9.56. The summed E-state index contributed by atoms with van der Waals surface area (Å²) in [6.07, 6.45) is 0. The summed E-state index contributed by atoms with van der Waals surface area (Å²) in [5.41, 5.74) is 0. The van der Waals surface area contributed by atoms with Gasteiger partial charge in [-0.05, 0) is 14.0 Å². The fourth-order valence-electron chi connectivity index (χ4n) is 0.535. The lowest BCUT2D eigenvalue weighted by molar-refractivity contribution is -0.133. The Morgan fingerprint density at radius 3 is 2.58 bits per heavy atom. The number of amides is 1. The van der Waals surface area contributed by atoms with Gasteiger partial charge in [-0.25, -0.2) is 0 Å². The first-order valence-electron chi connectivity index (χ1n) is 4.03. The van der Waals surface area contributed by atoms with Crippen LogP contribution in [0.5, 0.6) is 0 Å². The molecule has 1 N–H and O–H groups in total. The van der Waals surface area contributed by atoms with Gasteiger partial charge in [0.2, 0.25) is 5.91 Å². The molecule has 0 aromatic rings. The fourth-order valence-corrected chi connectivity index (χ4v) is 0.535. The van der Waals surface area contributed by atoms with Gasteiger partial charge < -0.3 is 15.0 Å². The molecule has 0 aliphatic carbocycles. The number of nitrogens with zero attached hydrogens (tertiary/aromatic N) is 1. The number of hydrogen-bond acceptors (Lipinski definition) is 3. The molecule has 0 rings (SSSR count). The normalized spacial score (nSPS) is 12.7. The Balaban J connectivity index is 3.37. The Kier molecular flexibility index (Phi) is 5.66. The summed E-state index contributed by atoms with van der Waals surface area (Å²) in [7, 11) is 5.29. The maximum Gasteiger partial charge on any atom is 0.248 e. The molecule has 0 aromatic heterocycles. The van der Waals surface area contributed by atoms with E-state index < -0.39 is 0 Å². The Morgan fingerprint density at radius 2 is 2.17 bits per heavy atom. The van der Waals surface area contributed by atoms with Crippen molar-refractivity contribution in [3.8, 4) is 0 Å². The Bertz CT molecular complexity index is 137. The smallest absolute Gasteiger partial charge is 0.248 e. The summed E-state index contributed by atoms with van der Waals surface area (Å²) in [6, 6.07) is 0.292. The van der Waals surface area contributed by atoms with E-state index in [1.54, 1.807) is 14.1 Å². The number of carbonyl (C=O) groups is 1. The van der Waals surface area contributed by atoms with Crippen LogP contribution in [0.15, 0.2) is 0 Å². The minimum absolute atomic E-state index is 0.00157. The highest BCUT2D eigenvalue weighted by Crippen LogP contribution is 1.85. The molecule has 0 saturated carbocycles. The van der Waals surface area contributed by atoms with Crippen molar-refractivity contribution in [2.24, 2.45) is 0 Å². The Hall–Kier alpha value is -0.610. The van der Waals surface area contributed by atoms with Gasteiger partial charge in [-0.2, -0.15) is 0 Å². The molecule has 0 saturated heterocycles. The van der Waals surface area contributed by atoms with Crippen molar-refractivity contribution in [3.63, 3.8) is 0 Å². The summed E-state index contributed by atoms with van der Waals surface area (Å²) < 4.78 is 5.16. The van der Waals surface area contributed by atoms with Crippen molar-refractivity contribution in [1.82, 2.24) is 10.2 Å². The average molecular weight is 174 g/mol. The van der Waals surface area contributed by atoms with Gasteiger partial charge in [0.25, 0.3) is 0 Å². The fraction of sp³-hybridized carbons (Fsp3) is 0.875. The quantitative estimate of drug-likeness (QED) is 0.622. The summed E-state index contributed by atoms with van der Waals surface area (Å²) in [4.78, 5) is 12.5. The molecule has 0 aliphatic heterocycles. The van der Waals surface area contributed by atoms with Crippen LogP contribution in [0.1, 0.15) is 6.92 Å². The van der Waals surface area contributed by atoms with Crippen LogP contribution in [0, 0.1) is 0 Å². The molecule has 72 valence electrons. The third kappa shape index (κ3) is 5.09. The molecule has 0 spiro atoms. The topological polar surface area (TPSA) is 41.6 Å². The maximum atomic E-state index is 11.0. The molecule has 1 unspecified atom stereocenters. The zero-order valence-electron chi connectivity index (χ0n) is 8.26. The van der Waals surface area contributed by atoms with Crippen LogP contribution in [-0.4, -0.2) is 51.2 Å². The largest absolute Gasteiger partial charge is 0.370 e. The van der Waals surface area contributed by atoms with Crippen molar-refractivity contribution >= 4 is 5.91 Å². The highest BCUT2D eigenvalue weighted by Gasteiger charge is 2.04. The minimum Gasteiger partial charge on any atom is -0.370 e. The molecule has 0 heterocycles. The van der Waals surface area contributed by atoms with Crippen molar-refractivity contribution in [3.05, 3.63) is 0 Å². The molecular weight excluding hydrogens is 156 g/mol. The van der Waals surface area contributed by atoms with Crippen LogP contribution in [0.3, 0.4) is 0 Å². The summed E-state index contributed by atoms with van der Waals surface area (Å²) >= 11 is 0. The Labute approximate surface area is 73.9 Å². The van der Waals surface area contributed by atoms with Gasteiger partial charge in [0.05, 0.1) is 6.61 Å². The second kappa shape index (κ2) is 5.97. The Morgan fingerprint density at radius 1 is 1.58 bits per heavy atom. The standard InChI is InChI=1S/C8H18N2O2/c1-7(9-2)5-12-6-8(11)10(3)4/h7,9H,5-6H2,1-4H3. The van der Waals surface area contributed by atoms with Gasteiger partial charge in [0.15, 0.2) is 0 Å². The van der Waals surface area contributed by atoms with E-state index in [4.69, 9.17) is 4.74 Å². The first-order chi connectivity index (χ1) is 5.57. The molecule has 0 fully saturated rings. The van der Waals surface area contributed by atoms with Gasteiger partial charge in [-0.1, -0.05) is 0 Å². The number of nitrogens with one attached hydrogen (secondary N) is 1. The van der Waals surface area contributed by atoms with E-state index in [1.807, 2.05) is 14.0 Å². The van der Waals surface area contributed by atoms with Gasteiger partial charge >= 0.3 is 0 Å². The molecule has 12 heavy (non-hydrogen) atoms. The van der Waals surface area contributed by atoms with Crippen molar-refractivity contribution in [1.29, 1.82) is 0 Å². The van der Waals surface area contributed by atoms with Crippen LogP contribution >= 0.6 is 0 Å². The zero-order valence-corrected chi connectivity index (χ0v) is 8.26. The van der Waals surface area contributed by atoms with E-state index in [-0.39, 0.29) is 12.5 Å². The highest BCUT2D eigenvalue weighted by atomic mass is 16.5. The lowest BCUT2D eigenvalue weighted by Crippen LogP contribution is -2.31. The third-order valence-electron chi connectivity index (χ3n) is 1.58. The van der Waals surface area contributed by atoms with Gasteiger partial charge in [-0.3, -0.25) is 4.79 Å². The van der Waals surface area contributed by atoms with Crippen LogP contribution in [0.2, 0.25) is 0 Å². The second-order valence-corrected chi connectivity index (χ2v) is 2.99. The first kappa shape index (κ1) is 11.4. The third-order valence-corrected chi connectivity index (χ3v) is 1.58. The molecule has 0 bridgehead atoms. The second-order valence-electron chi connectivity index (χ2n) is 2.99. The minimum atomic E-state index is -0.00157. The predicted molar refractivity (Wildman–Crippen MR) is 48.0 cm³/mol. The van der Waals surface area contributed by atoms with E-state index >= 15 is 0 Å². The number of rotatable bonds is 5. The number of hydrogen-bond donors (Lipinski definition) is 1. The van der Waals surface area contributed by atoms with Gasteiger partial charge in [-0.15, -0.1) is 0 Å². The number of carbonyl (C=O) groups excluding carboxylic acids is 1. The number of ether oxygens (including phenoxy) is 1. The predicted octanol–water partition coefficient (Wildman–Crippen LogP) is -0.301. The lowest BCUT2D eigenvalue weighted by Gasteiger charge is -2.13. The van der Waals surface area contributed by atoms with Crippen LogP contribution in [0.25, 0.3) is 0 Å². The van der Waals surface area contributed by atoms with Crippen molar-refractivity contribution in [2.45, 2.75) is 13.0 Å². The van der Waals surface area contributed by atoms with E-state index in [2.05, 4.69) is 5.32 Å². The summed E-state index contributed by atoms with van der Waals surface area (Å²) in [5, 5.41) is 3.02. The van der Waals surface area contributed by atoms with Crippen molar-refractivity contribution < 1.29 is 9.53 Å². The van der Waals surface area contributed by atoms with Gasteiger partial charge in [0.1, 0.15) is 6.61 Å². The van der Waals surface area contributed by atoms with Crippen LogP contribution < -0.4 is 5.32 Å². The summed E-state index contributed by atoms with van der Waals surface area (Å²) in [5.74, 6) is -0.00157. The molecule has 0 aliphatic rings. The van der Waals surface area contributed by atoms with Gasteiger partial charge in [0, 0.05) is 20.1 Å². The van der Waals surface area contributed by atoms with Crippen molar-refractivity contribution in [2.75, 3.05) is 34.4 Å². The molecule has 4 heteroatoms. The summed E-state index contributed by atoms with van der Waals surface area (Å²) in [6.45, 7) is 2.73. The van der Waals surface area contributed by atoms with E-state index in [0.717, 1.165) is 0 Å². The average Bonchev–Trinajstić information content (AvgIpc) is 2.03. The molecule has 0 aromatic carbocycles. The van der Waals surface area contributed by atoms with E-state index in [1.165, 1.54) is 4.90 Å². The number of likely N-dealkylation sites (N-methyl/N-ethyl adjacent to an activating group) is 2. The molecule has 1 atom stereocenters. The maximum absolute atomic E-state index is 11.0. The molecule has 0 radical (unpaired) electrons. The monoisotopic (exact) mass is 174 g/mol. The van der Waals surface area contributed by atoms with Crippen LogP contribution in [0.4, 0.5) is 0 Å². The highest BCUT2D eigenvalue weighted by molar-refractivity contribution is 5.76.